The summed E-state index contributed by atoms with van der Waals surface area (Å²) < 4.78 is 0.867. The van der Waals surface area contributed by atoms with Gasteiger partial charge >= 0.3 is 0 Å². The Bertz CT molecular complexity index is 394. The van der Waals surface area contributed by atoms with Gasteiger partial charge in [0.2, 0.25) is 0 Å². The molecule has 0 atom stereocenters. The standard InChI is InChI=1S/C11H15BrN2O2/c1-3-4-5-13-10-7-11(14(15)16)8(2)6-9(10)12/h6-7,13H,3-5H2,1-2H3. The molecule has 1 aromatic carbocycles. The largest absolute Gasteiger partial charge is 0.384 e. The van der Waals surface area contributed by atoms with E-state index in [1.54, 1.807) is 19.1 Å². The molecule has 0 fully saturated rings. The van der Waals surface area contributed by atoms with Crippen LogP contribution in [0.1, 0.15) is 25.3 Å². The highest BCUT2D eigenvalue weighted by Gasteiger charge is 2.13. The van der Waals surface area contributed by atoms with Gasteiger partial charge in [-0.2, -0.15) is 0 Å². The van der Waals surface area contributed by atoms with Crippen molar-refractivity contribution in [3.63, 3.8) is 0 Å². The van der Waals surface area contributed by atoms with Crippen molar-refractivity contribution in [2.45, 2.75) is 26.7 Å². The first-order chi connectivity index (χ1) is 7.56. The minimum atomic E-state index is -0.354. The molecule has 0 amide bonds. The average Bonchev–Trinajstić information content (AvgIpc) is 2.21. The summed E-state index contributed by atoms with van der Waals surface area (Å²) in [6.07, 6.45) is 2.15. The molecule has 0 aliphatic carbocycles. The fraction of sp³-hybridized carbons (Fsp3) is 0.455. The lowest BCUT2D eigenvalue weighted by atomic mass is 10.2. The smallest absolute Gasteiger partial charge is 0.274 e. The van der Waals surface area contributed by atoms with Gasteiger partial charge in [-0.05, 0) is 35.3 Å². The maximum Gasteiger partial charge on any atom is 0.274 e. The lowest BCUT2D eigenvalue weighted by Gasteiger charge is -2.09. The van der Waals surface area contributed by atoms with Crippen LogP contribution in [-0.2, 0) is 0 Å². The third-order valence-electron chi connectivity index (χ3n) is 2.33. The minimum absolute atomic E-state index is 0.155. The molecule has 0 spiro atoms. The van der Waals surface area contributed by atoms with Gasteiger partial charge in [0.1, 0.15) is 0 Å². The number of nitrogens with one attached hydrogen (secondary N) is 1. The summed E-state index contributed by atoms with van der Waals surface area (Å²) in [6.45, 7) is 4.67. The molecule has 0 heterocycles. The molecule has 0 aliphatic heterocycles. The number of hydrogen-bond donors (Lipinski definition) is 1. The van der Waals surface area contributed by atoms with Crippen LogP contribution in [0.25, 0.3) is 0 Å². The Balaban J connectivity index is 2.91. The zero-order valence-electron chi connectivity index (χ0n) is 9.42. The summed E-state index contributed by atoms with van der Waals surface area (Å²) >= 11 is 3.40. The Morgan fingerprint density at radius 1 is 1.50 bits per heavy atom. The van der Waals surface area contributed by atoms with E-state index in [-0.39, 0.29) is 10.6 Å². The quantitative estimate of drug-likeness (QED) is 0.508. The summed E-state index contributed by atoms with van der Waals surface area (Å²) in [6, 6.07) is 3.35. The van der Waals surface area contributed by atoms with Gasteiger partial charge < -0.3 is 5.32 Å². The molecule has 0 saturated carbocycles. The van der Waals surface area contributed by atoms with Crippen LogP contribution in [-0.4, -0.2) is 11.5 Å². The van der Waals surface area contributed by atoms with Crippen molar-refractivity contribution in [1.82, 2.24) is 0 Å². The molecule has 1 N–H and O–H groups in total. The number of halogens is 1. The summed E-state index contributed by atoms with van der Waals surface area (Å²) in [5.74, 6) is 0. The van der Waals surface area contributed by atoms with Crippen LogP contribution in [0.15, 0.2) is 16.6 Å². The predicted molar refractivity (Wildman–Crippen MR) is 68.9 cm³/mol. The maximum atomic E-state index is 10.8. The van der Waals surface area contributed by atoms with Crippen molar-refractivity contribution in [2.75, 3.05) is 11.9 Å². The van der Waals surface area contributed by atoms with Crippen molar-refractivity contribution in [2.24, 2.45) is 0 Å². The van der Waals surface area contributed by atoms with Crippen LogP contribution >= 0.6 is 15.9 Å². The van der Waals surface area contributed by atoms with Crippen LogP contribution < -0.4 is 5.32 Å². The zero-order valence-corrected chi connectivity index (χ0v) is 11.0. The van der Waals surface area contributed by atoms with Crippen LogP contribution in [0.4, 0.5) is 11.4 Å². The van der Waals surface area contributed by atoms with Crippen LogP contribution in [0.5, 0.6) is 0 Å². The van der Waals surface area contributed by atoms with Gasteiger partial charge in [-0.1, -0.05) is 13.3 Å². The third kappa shape index (κ3) is 3.20. The highest BCUT2D eigenvalue weighted by molar-refractivity contribution is 9.10. The molecular weight excluding hydrogens is 272 g/mol. The van der Waals surface area contributed by atoms with E-state index in [1.807, 2.05) is 0 Å². The fourth-order valence-electron chi connectivity index (χ4n) is 1.39. The Labute approximate surface area is 103 Å². The van der Waals surface area contributed by atoms with Crippen molar-refractivity contribution >= 4 is 27.3 Å². The van der Waals surface area contributed by atoms with E-state index in [0.717, 1.165) is 29.5 Å². The number of hydrogen-bond acceptors (Lipinski definition) is 3. The highest BCUT2D eigenvalue weighted by Crippen LogP contribution is 2.30. The van der Waals surface area contributed by atoms with E-state index in [1.165, 1.54) is 0 Å². The monoisotopic (exact) mass is 286 g/mol. The minimum Gasteiger partial charge on any atom is -0.384 e. The van der Waals surface area contributed by atoms with Gasteiger partial charge in [-0.25, -0.2) is 0 Å². The Kier molecular flexibility index (Phi) is 4.73. The van der Waals surface area contributed by atoms with Gasteiger partial charge in [0.25, 0.3) is 5.69 Å². The summed E-state index contributed by atoms with van der Waals surface area (Å²) in [7, 11) is 0. The number of unbranched alkanes of at least 4 members (excludes halogenated alkanes) is 1. The van der Waals surface area contributed by atoms with E-state index >= 15 is 0 Å². The molecule has 1 rings (SSSR count). The first kappa shape index (κ1) is 13.0. The Hall–Kier alpha value is -1.10. The number of nitro groups is 1. The molecule has 88 valence electrons. The Morgan fingerprint density at radius 3 is 2.75 bits per heavy atom. The van der Waals surface area contributed by atoms with Crippen molar-refractivity contribution in [3.05, 3.63) is 32.3 Å². The number of anilines is 1. The van der Waals surface area contributed by atoms with E-state index < -0.39 is 0 Å². The molecule has 0 bridgehead atoms. The molecule has 0 aromatic heterocycles. The first-order valence-electron chi connectivity index (χ1n) is 5.24. The summed E-state index contributed by atoms with van der Waals surface area (Å²) in [5, 5.41) is 14.0. The van der Waals surface area contributed by atoms with Gasteiger partial charge in [-0.3, -0.25) is 10.1 Å². The summed E-state index contributed by atoms with van der Waals surface area (Å²) in [5.41, 5.74) is 1.60. The van der Waals surface area contributed by atoms with Crippen LogP contribution in [0, 0.1) is 17.0 Å². The lowest BCUT2D eigenvalue weighted by molar-refractivity contribution is -0.385. The number of rotatable bonds is 5. The Morgan fingerprint density at radius 2 is 2.19 bits per heavy atom. The van der Waals surface area contributed by atoms with E-state index in [4.69, 9.17) is 0 Å². The number of aryl methyl sites for hydroxylation is 1. The van der Waals surface area contributed by atoms with Gasteiger partial charge in [0, 0.05) is 22.6 Å². The molecule has 4 nitrogen and oxygen atoms in total. The van der Waals surface area contributed by atoms with Crippen molar-refractivity contribution in [1.29, 1.82) is 0 Å². The highest BCUT2D eigenvalue weighted by atomic mass is 79.9. The third-order valence-corrected chi connectivity index (χ3v) is 2.98. The van der Waals surface area contributed by atoms with Crippen molar-refractivity contribution < 1.29 is 4.92 Å². The van der Waals surface area contributed by atoms with Gasteiger partial charge in [0.05, 0.1) is 10.6 Å². The molecule has 0 radical (unpaired) electrons. The fourth-order valence-corrected chi connectivity index (χ4v) is 1.99. The van der Waals surface area contributed by atoms with Gasteiger partial charge in [-0.15, -0.1) is 0 Å². The number of nitrogens with zero attached hydrogens (tertiary/aromatic N) is 1. The summed E-state index contributed by atoms with van der Waals surface area (Å²) in [4.78, 5) is 10.4. The SMILES string of the molecule is CCCCNc1cc([N+](=O)[O-])c(C)cc1Br. The van der Waals surface area contributed by atoms with E-state index in [9.17, 15) is 10.1 Å². The molecule has 0 aliphatic rings. The lowest BCUT2D eigenvalue weighted by Crippen LogP contribution is -2.03. The average molecular weight is 287 g/mol. The normalized spacial score (nSPS) is 10.2. The molecule has 16 heavy (non-hydrogen) atoms. The second-order valence-electron chi connectivity index (χ2n) is 3.66. The number of benzene rings is 1. The van der Waals surface area contributed by atoms with Gasteiger partial charge in [0.15, 0.2) is 0 Å². The second kappa shape index (κ2) is 5.84. The molecule has 0 unspecified atom stereocenters. The van der Waals surface area contributed by atoms with Crippen molar-refractivity contribution in [3.8, 4) is 0 Å². The van der Waals surface area contributed by atoms with E-state index in [0.29, 0.717) is 5.56 Å². The molecule has 5 heteroatoms. The molecular formula is C11H15BrN2O2. The first-order valence-corrected chi connectivity index (χ1v) is 6.04. The van der Waals surface area contributed by atoms with Crippen LogP contribution in [0.2, 0.25) is 0 Å². The topological polar surface area (TPSA) is 55.2 Å². The maximum absolute atomic E-state index is 10.8. The van der Waals surface area contributed by atoms with Crippen LogP contribution in [0.3, 0.4) is 0 Å². The second-order valence-corrected chi connectivity index (χ2v) is 4.51. The predicted octanol–water partition coefficient (Wildman–Crippen LogP) is 3.88. The molecule has 0 saturated heterocycles. The van der Waals surface area contributed by atoms with E-state index in [2.05, 4.69) is 28.2 Å². The zero-order chi connectivity index (χ0) is 12.1. The number of nitro benzene ring substituents is 1. The molecule has 1 aromatic rings.